The van der Waals surface area contributed by atoms with Gasteiger partial charge in [-0.15, -0.1) is 0 Å². The van der Waals surface area contributed by atoms with E-state index in [0.717, 1.165) is 35.7 Å². The van der Waals surface area contributed by atoms with Crippen LogP contribution < -0.4 is 5.32 Å². The third-order valence-electron chi connectivity index (χ3n) is 3.79. The van der Waals surface area contributed by atoms with E-state index in [9.17, 15) is 4.79 Å². The molecule has 0 aliphatic heterocycles. The number of carboxylic acid groups (broad SMARTS) is 1. The van der Waals surface area contributed by atoms with E-state index in [2.05, 4.69) is 15.3 Å². The van der Waals surface area contributed by atoms with E-state index < -0.39 is 5.97 Å². The topological polar surface area (TPSA) is 80.0 Å². The first-order valence-electron chi connectivity index (χ1n) is 7.64. The van der Waals surface area contributed by atoms with E-state index in [4.69, 9.17) is 5.11 Å². The van der Waals surface area contributed by atoms with Crippen LogP contribution in [-0.4, -0.2) is 32.2 Å². The van der Waals surface area contributed by atoms with Crippen LogP contribution in [0.1, 0.15) is 15.9 Å². The van der Waals surface area contributed by atoms with Crippen LogP contribution >= 0.6 is 0 Å². The van der Waals surface area contributed by atoms with E-state index >= 15 is 0 Å². The number of imidazole rings is 1. The molecule has 6 heteroatoms. The second kappa shape index (κ2) is 6.95. The van der Waals surface area contributed by atoms with Crippen molar-refractivity contribution in [1.29, 1.82) is 0 Å². The lowest BCUT2D eigenvalue weighted by Gasteiger charge is -2.11. The van der Waals surface area contributed by atoms with Crippen molar-refractivity contribution in [2.24, 2.45) is 0 Å². The van der Waals surface area contributed by atoms with Gasteiger partial charge in [-0.05, 0) is 30.7 Å². The molecule has 3 aromatic rings. The molecule has 0 saturated heterocycles. The number of hydrogen-bond acceptors (Lipinski definition) is 4. The highest BCUT2D eigenvalue weighted by Gasteiger charge is 2.08. The zero-order valence-corrected chi connectivity index (χ0v) is 13.3. The summed E-state index contributed by atoms with van der Waals surface area (Å²) >= 11 is 0. The van der Waals surface area contributed by atoms with E-state index in [0.29, 0.717) is 0 Å². The molecule has 0 fully saturated rings. The molecule has 2 N–H and O–H groups in total. The van der Waals surface area contributed by atoms with Gasteiger partial charge < -0.3 is 15.0 Å². The van der Waals surface area contributed by atoms with Crippen LogP contribution in [0, 0.1) is 6.92 Å². The molecule has 2 heterocycles. The van der Waals surface area contributed by atoms with Crippen molar-refractivity contribution in [3.05, 3.63) is 66.2 Å². The largest absolute Gasteiger partial charge is 0.478 e. The number of carboxylic acids is 1. The average molecular weight is 322 g/mol. The first-order chi connectivity index (χ1) is 11.6. The number of rotatable bonds is 6. The molecule has 6 nitrogen and oxygen atoms in total. The summed E-state index contributed by atoms with van der Waals surface area (Å²) < 4.78 is 2.04. The molecular formula is C18H18N4O2. The Labute approximate surface area is 139 Å². The van der Waals surface area contributed by atoms with Crippen molar-refractivity contribution in [3.8, 4) is 11.4 Å². The Morgan fingerprint density at radius 1 is 1.21 bits per heavy atom. The van der Waals surface area contributed by atoms with E-state index in [1.807, 2.05) is 30.0 Å². The van der Waals surface area contributed by atoms with E-state index in [1.54, 1.807) is 36.7 Å². The van der Waals surface area contributed by atoms with Gasteiger partial charge in [0.05, 0.1) is 5.56 Å². The quantitative estimate of drug-likeness (QED) is 0.729. The lowest BCUT2D eigenvalue weighted by atomic mass is 10.1. The van der Waals surface area contributed by atoms with Gasteiger partial charge in [0, 0.05) is 49.1 Å². The Balaban J connectivity index is 1.69. The van der Waals surface area contributed by atoms with Gasteiger partial charge in [-0.3, -0.25) is 4.98 Å². The minimum absolute atomic E-state index is 0.270. The normalized spacial score (nSPS) is 10.5. The van der Waals surface area contributed by atoms with Gasteiger partial charge in [-0.1, -0.05) is 12.1 Å². The Kier molecular flexibility index (Phi) is 4.56. The lowest BCUT2D eigenvalue weighted by molar-refractivity contribution is 0.0697. The summed E-state index contributed by atoms with van der Waals surface area (Å²) in [5.41, 5.74) is 3.34. The number of pyridine rings is 1. The Morgan fingerprint density at radius 3 is 2.71 bits per heavy atom. The highest BCUT2D eigenvalue weighted by atomic mass is 16.4. The lowest BCUT2D eigenvalue weighted by Crippen LogP contribution is -2.11. The van der Waals surface area contributed by atoms with Gasteiger partial charge >= 0.3 is 5.97 Å². The number of nitrogens with one attached hydrogen (secondary N) is 1. The molecule has 1 aromatic carbocycles. The molecule has 0 saturated carbocycles. The molecule has 0 atom stereocenters. The zero-order chi connectivity index (χ0) is 16.9. The fraction of sp³-hybridized carbons (Fsp3) is 0.167. The van der Waals surface area contributed by atoms with Crippen LogP contribution in [-0.2, 0) is 6.54 Å². The smallest absolute Gasteiger partial charge is 0.335 e. The first-order valence-corrected chi connectivity index (χ1v) is 7.64. The summed E-state index contributed by atoms with van der Waals surface area (Å²) in [5.74, 6) is -0.109. The summed E-state index contributed by atoms with van der Waals surface area (Å²) in [4.78, 5) is 19.4. The minimum atomic E-state index is -0.929. The summed E-state index contributed by atoms with van der Waals surface area (Å²) in [6, 6.07) is 8.70. The van der Waals surface area contributed by atoms with Crippen LogP contribution in [0.5, 0.6) is 0 Å². The molecule has 0 spiro atoms. The number of aromatic nitrogens is 3. The molecule has 3 rings (SSSR count). The molecule has 24 heavy (non-hydrogen) atoms. The van der Waals surface area contributed by atoms with Crippen molar-refractivity contribution >= 4 is 11.7 Å². The number of aryl methyl sites for hydroxylation is 1. The maximum atomic E-state index is 10.9. The fourth-order valence-corrected chi connectivity index (χ4v) is 2.49. The summed E-state index contributed by atoms with van der Waals surface area (Å²) in [6.07, 6.45) is 7.26. The second-order valence-corrected chi connectivity index (χ2v) is 5.44. The maximum absolute atomic E-state index is 10.9. The summed E-state index contributed by atoms with van der Waals surface area (Å²) in [5, 5.41) is 12.4. The van der Waals surface area contributed by atoms with Crippen molar-refractivity contribution in [2.75, 3.05) is 11.9 Å². The summed E-state index contributed by atoms with van der Waals surface area (Å²) in [6.45, 7) is 3.52. The highest BCUT2D eigenvalue weighted by molar-refractivity contribution is 5.88. The maximum Gasteiger partial charge on any atom is 0.335 e. The number of hydrogen-bond donors (Lipinski definition) is 2. The molecule has 0 amide bonds. The van der Waals surface area contributed by atoms with E-state index in [1.165, 1.54) is 0 Å². The van der Waals surface area contributed by atoms with Gasteiger partial charge in [-0.25, -0.2) is 9.78 Å². The van der Waals surface area contributed by atoms with Crippen LogP contribution in [0.3, 0.4) is 0 Å². The third kappa shape index (κ3) is 3.43. The van der Waals surface area contributed by atoms with Crippen LogP contribution in [0.2, 0.25) is 0 Å². The van der Waals surface area contributed by atoms with Crippen molar-refractivity contribution < 1.29 is 9.90 Å². The SMILES string of the molecule is Cc1cnccc1NCCn1ccnc1-c1ccc(C(=O)O)cc1. The number of carbonyl (C=O) groups is 1. The van der Waals surface area contributed by atoms with Crippen LogP contribution in [0.4, 0.5) is 5.69 Å². The number of benzene rings is 1. The Hall–Kier alpha value is -3.15. The molecule has 0 bridgehead atoms. The van der Waals surface area contributed by atoms with Crippen molar-refractivity contribution in [2.45, 2.75) is 13.5 Å². The molecule has 122 valence electrons. The molecule has 0 radical (unpaired) electrons. The number of nitrogens with zero attached hydrogens (tertiary/aromatic N) is 3. The molecule has 2 aromatic heterocycles. The average Bonchev–Trinajstić information content (AvgIpc) is 3.05. The van der Waals surface area contributed by atoms with Gasteiger partial charge in [0.25, 0.3) is 0 Å². The van der Waals surface area contributed by atoms with Gasteiger partial charge in [0.1, 0.15) is 5.82 Å². The Bertz CT molecular complexity index is 840. The monoisotopic (exact) mass is 322 g/mol. The highest BCUT2D eigenvalue weighted by Crippen LogP contribution is 2.18. The molecule has 0 aliphatic rings. The van der Waals surface area contributed by atoms with Crippen molar-refractivity contribution in [3.63, 3.8) is 0 Å². The summed E-state index contributed by atoms with van der Waals surface area (Å²) in [7, 11) is 0. The Morgan fingerprint density at radius 2 is 2.00 bits per heavy atom. The standard InChI is InChI=1S/C18H18N4O2/c1-13-12-19-7-6-16(13)20-8-10-22-11-9-21-17(22)14-2-4-15(5-3-14)18(23)24/h2-7,9,11-12H,8,10H2,1H3,(H,19,20)(H,23,24). The van der Waals surface area contributed by atoms with Gasteiger partial charge in [0.2, 0.25) is 0 Å². The van der Waals surface area contributed by atoms with Gasteiger partial charge in [-0.2, -0.15) is 0 Å². The second-order valence-electron chi connectivity index (χ2n) is 5.44. The van der Waals surface area contributed by atoms with Crippen LogP contribution in [0.15, 0.2) is 55.1 Å². The zero-order valence-electron chi connectivity index (χ0n) is 13.3. The molecule has 0 aliphatic carbocycles. The minimum Gasteiger partial charge on any atom is -0.478 e. The fourth-order valence-electron chi connectivity index (χ4n) is 2.49. The first kappa shape index (κ1) is 15.7. The van der Waals surface area contributed by atoms with Crippen molar-refractivity contribution in [1.82, 2.24) is 14.5 Å². The predicted octanol–water partition coefficient (Wildman–Crippen LogP) is 3.06. The molecule has 0 unspecified atom stereocenters. The molecular weight excluding hydrogens is 304 g/mol. The predicted molar refractivity (Wildman–Crippen MR) is 92.1 cm³/mol. The van der Waals surface area contributed by atoms with Crippen LogP contribution in [0.25, 0.3) is 11.4 Å². The third-order valence-corrected chi connectivity index (χ3v) is 3.79. The number of anilines is 1. The van der Waals surface area contributed by atoms with E-state index in [-0.39, 0.29) is 5.56 Å². The number of aromatic carboxylic acids is 1. The van der Waals surface area contributed by atoms with Gasteiger partial charge in [0.15, 0.2) is 0 Å².